The molecular weight excluding hydrogens is 318 g/mol. The molecule has 23 heavy (non-hydrogen) atoms. The van der Waals surface area contributed by atoms with Gasteiger partial charge in [-0.1, -0.05) is 25.4 Å². The molecule has 1 N–H and O–H groups in total. The Kier molecular flexibility index (Phi) is 6.18. The van der Waals surface area contributed by atoms with Gasteiger partial charge in [-0.15, -0.1) is 0 Å². The van der Waals surface area contributed by atoms with E-state index in [1.165, 1.54) is 12.1 Å². The highest BCUT2D eigenvalue weighted by Gasteiger charge is 2.20. The van der Waals surface area contributed by atoms with Crippen molar-refractivity contribution < 1.29 is 9.58 Å². The summed E-state index contributed by atoms with van der Waals surface area (Å²) in [4.78, 5) is 2.75. The zero-order chi connectivity index (χ0) is 16.8. The van der Waals surface area contributed by atoms with Gasteiger partial charge >= 0.3 is 5.95 Å². The van der Waals surface area contributed by atoms with Crippen LogP contribution in [0.1, 0.15) is 26.7 Å². The number of nitrogens with one attached hydrogen (secondary N) is 1. The SMILES string of the molecule is CCCN(CCC)CCNc1n[n+]([O-])c2ccc(Cl)cc2[n+]1[O-]. The lowest BCUT2D eigenvalue weighted by atomic mass is 10.3. The fraction of sp³-hybridized carbons (Fsp3) is 0.533. The van der Waals surface area contributed by atoms with Gasteiger partial charge in [0.05, 0.1) is 6.54 Å². The van der Waals surface area contributed by atoms with Crippen LogP contribution in [-0.4, -0.2) is 36.2 Å². The molecule has 0 radical (unpaired) electrons. The monoisotopic (exact) mass is 339 g/mol. The van der Waals surface area contributed by atoms with E-state index in [0.29, 0.717) is 21.1 Å². The van der Waals surface area contributed by atoms with Crippen LogP contribution in [0, 0.1) is 10.4 Å². The quantitative estimate of drug-likeness (QED) is 0.584. The van der Waals surface area contributed by atoms with Crippen LogP contribution in [-0.2, 0) is 0 Å². The molecule has 0 aliphatic carbocycles. The number of aromatic nitrogens is 3. The van der Waals surface area contributed by atoms with E-state index in [-0.39, 0.29) is 17.0 Å². The summed E-state index contributed by atoms with van der Waals surface area (Å²) >= 11 is 5.90. The summed E-state index contributed by atoms with van der Waals surface area (Å²) in [5.41, 5.74) is 0.387. The largest absolute Gasteiger partial charge is 0.739 e. The highest BCUT2D eigenvalue weighted by Crippen LogP contribution is 2.14. The molecule has 0 aliphatic rings. The topological polar surface area (TPSA) is 82.0 Å². The third-order valence-corrected chi connectivity index (χ3v) is 3.77. The molecule has 0 saturated heterocycles. The first kappa shape index (κ1) is 17.5. The number of nitrogens with zero attached hydrogens (tertiary/aromatic N) is 4. The minimum atomic E-state index is -0.0114. The number of benzene rings is 1. The number of hydrogen-bond acceptors (Lipinski definition) is 5. The van der Waals surface area contributed by atoms with Gasteiger partial charge in [-0.2, -0.15) is 0 Å². The van der Waals surface area contributed by atoms with Crippen molar-refractivity contribution in [3.8, 4) is 0 Å². The average Bonchev–Trinajstić information content (AvgIpc) is 2.52. The Morgan fingerprint density at radius 1 is 1.13 bits per heavy atom. The Morgan fingerprint density at radius 3 is 2.48 bits per heavy atom. The molecule has 1 aromatic carbocycles. The van der Waals surface area contributed by atoms with E-state index < -0.39 is 0 Å². The second-order valence-electron chi connectivity index (χ2n) is 5.39. The molecule has 0 saturated carbocycles. The van der Waals surface area contributed by atoms with E-state index in [0.717, 1.165) is 32.5 Å². The molecule has 1 heterocycles. The Hall–Kier alpha value is -1.86. The molecule has 0 atom stereocenters. The Balaban J connectivity index is 2.12. The molecule has 0 unspecified atom stereocenters. The van der Waals surface area contributed by atoms with Crippen LogP contribution in [0.15, 0.2) is 18.2 Å². The molecular formula is C15H22ClN5O2. The van der Waals surface area contributed by atoms with Crippen molar-refractivity contribution in [2.45, 2.75) is 26.7 Å². The van der Waals surface area contributed by atoms with Gasteiger partial charge < -0.3 is 15.3 Å². The second-order valence-corrected chi connectivity index (χ2v) is 5.83. The van der Waals surface area contributed by atoms with Crippen molar-refractivity contribution in [1.82, 2.24) is 10.00 Å². The maximum atomic E-state index is 12.3. The van der Waals surface area contributed by atoms with Crippen LogP contribution in [0.3, 0.4) is 0 Å². The lowest BCUT2D eigenvalue weighted by Gasteiger charge is -2.20. The number of fused-ring (bicyclic) bond motifs is 1. The fourth-order valence-corrected chi connectivity index (χ4v) is 2.68. The van der Waals surface area contributed by atoms with Crippen LogP contribution >= 0.6 is 11.6 Å². The highest BCUT2D eigenvalue weighted by molar-refractivity contribution is 6.31. The summed E-state index contributed by atoms with van der Waals surface area (Å²) in [7, 11) is 0. The number of anilines is 1. The smallest absolute Gasteiger partial charge is 0.461 e. The summed E-state index contributed by atoms with van der Waals surface area (Å²) in [6.07, 6.45) is 2.16. The van der Waals surface area contributed by atoms with Gasteiger partial charge in [-0.05, 0) is 32.0 Å². The molecule has 2 rings (SSSR count). The number of halogens is 1. The standard InChI is InChI=1S/C15H22ClN5O2/c1-3-8-19(9-4-2)10-7-17-15-18-21(23)13-6-5-12(16)11-14(13)20(15)22/h5-6,11H,3-4,7-10H2,1-2H3,(H,17,18). The molecule has 0 spiro atoms. The second kappa shape index (κ2) is 8.12. The van der Waals surface area contributed by atoms with Gasteiger partial charge in [0.2, 0.25) is 5.10 Å². The zero-order valence-electron chi connectivity index (χ0n) is 13.5. The van der Waals surface area contributed by atoms with Gasteiger partial charge in [0.1, 0.15) is 0 Å². The third kappa shape index (κ3) is 4.33. The maximum absolute atomic E-state index is 12.3. The Bertz CT molecular complexity index is 662. The van der Waals surface area contributed by atoms with Crippen molar-refractivity contribution in [2.24, 2.45) is 0 Å². The summed E-state index contributed by atoms with van der Waals surface area (Å²) < 4.78 is 0.611. The molecule has 0 bridgehead atoms. The van der Waals surface area contributed by atoms with E-state index in [4.69, 9.17) is 11.6 Å². The van der Waals surface area contributed by atoms with Crippen molar-refractivity contribution >= 4 is 28.6 Å². The molecule has 126 valence electrons. The first-order valence-corrected chi connectivity index (χ1v) is 8.23. The van der Waals surface area contributed by atoms with E-state index in [1.807, 2.05) is 0 Å². The molecule has 8 heteroatoms. The predicted molar refractivity (Wildman–Crippen MR) is 90.2 cm³/mol. The molecule has 2 aromatic rings. The van der Waals surface area contributed by atoms with E-state index >= 15 is 0 Å². The van der Waals surface area contributed by atoms with E-state index in [1.54, 1.807) is 6.07 Å². The van der Waals surface area contributed by atoms with Gasteiger partial charge in [-0.25, -0.2) is 4.73 Å². The van der Waals surface area contributed by atoms with Gasteiger partial charge in [0.15, 0.2) is 5.52 Å². The summed E-state index contributed by atoms with van der Waals surface area (Å²) in [5, 5.41) is 31.4. The Morgan fingerprint density at radius 2 is 1.83 bits per heavy atom. The Labute approximate surface area is 140 Å². The summed E-state index contributed by atoms with van der Waals surface area (Å²) in [6.45, 7) is 7.62. The van der Waals surface area contributed by atoms with Crippen LogP contribution < -0.4 is 14.9 Å². The van der Waals surface area contributed by atoms with Gasteiger partial charge in [-0.3, -0.25) is 5.32 Å². The summed E-state index contributed by atoms with van der Waals surface area (Å²) in [6, 6.07) is 4.51. The molecule has 0 aliphatic heterocycles. The molecule has 0 amide bonds. The lowest BCUT2D eigenvalue weighted by Crippen LogP contribution is -2.45. The minimum absolute atomic E-state index is 0.0114. The first-order chi connectivity index (χ1) is 11.1. The van der Waals surface area contributed by atoms with Gasteiger partial charge in [0, 0.05) is 28.5 Å². The van der Waals surface area contributed by atoms with Crippen LogP contribution in [0.25, 0.3) is 11.0 Å². The van der Waals surface area contributed by atoms with E-state index in [9.17, 15) is 10.4 Å². The minimum Gasteiger partial charge on any atom is -0.739 e. The van der Waals surface area contributed by atoms with Crippen molar-refractivity contribution in [3.05, 3.63) is 33.6 Å². The third-order valence-electron chi connectivity index (χ3n) is 3.53. The van der Waals surface area contributed by atoms with Crippen molar-refractivity contribution in [1.29, 1.82) is 0 Å². The number of rotatable bonds is 8. The van der Waals surface area contributed by atoms with Crippen LogP contribution in [0.2, 0.25) is 5.02 Å². The van der Waals surface area contributed by atoms with Crippen LogP contribution in [0.5, 0.6) is 0 Å². The highest BCUT2D eigenvalue weighted by atomic mass is 35.5. The van der Waals surface area contributed by atoms with Gasteiger partial charge in [0.25, 0.3) is 5.52 Å². The van der Waals surface area contributed by atoms with Crippen molar-refractivity contribution in [3.63, 3.8) is 0 Å². The zero-order valence-corrected chi connectivity index (χ0v) is 14.2. The van der Waals surface area contributed by atoms with E-state index in [2.05, 4.69) is 29.2 Å². The van der Waals surface area contributed by atoms with Crippen molar-refractivity contribution in [2.75, 3.05) is 31.5 Å². The first-order valence-electron chi connectivity index (χ1n) is 7.85. The normalized spacial score (nSPS) is 11.3. The molecule has 1 aromatic heterocycles. The maximum Gasteiger partial charge on any atom is 0.461 e. The predicted octanol–water partition coefficient (Wildman–Crippen LogP) is 1.69. The average molecular weight is 340 g/mol. The molecule has 7 nitrogen and oxygen atoms in total. The fourth-order valence-electron chi connectivity index (χ4n) is 2.52. The summed E-state index contributed by atoms with van der Waals surface area (Å²) in [5.74, 6) is -0.0114. The number of hydrogen-bond donors (Lipinski definition) is 1. The lowest BCUT2D eigenvalue weighted by molar-refractivity contribution is -0.672. The van der Waals surface area contributed by atoms with Crippen LogP contribution in [0.4, 0.5) is 5.95 Å². The molecule has 0 fully saturated rings.